The number of rotatable bonds is 11. The van der Waals surface area contributed by atoms with Gasteiger partial charge in [-0.25, -0.2) is 9.78 Å². The summed E-state index contributed by atoms with van der Waals surface area (Å²) in [6.45, 7) is 1.59. The van der Waals surface area contributed by atoms with Crippen molar-refractivity contribution in [3.05, 3.63) is 48.0 Å². The number of amides is 3. The molecule has 1 fully saturated rings. The van der Waals surface area contributed by atoms with E-state index in [9.17, 15) is 34.5 Å². The highest BCUT2D eigenvalue weighted by molar-refractivity contribution is 5.94. The standard InChI is InChI=1S/C24H32N6O7/c1-13(31)20(22(34)28-18(24(36)37)10-15-11-26-12-27-15)29-21(33)19-3-2-8-30(19)23(35)17(25)9-14-4-6-16(32)7-5-14/h4-7,11-13,17-20,31-32H,2-3,8-10,25H2,1H3,(H,26,27)(H,28,34)(H,29,33)(H,36,37). The third-order valence-corrected chi connectivity index (χ3v) is 6.20. The summed E-state index contributed by atoms with van der Waals surface area (Å²) in [6, 6.07) is 1.69. The molecule has 5 atom stereocenters. The van der Waals surface area contributed by atoms with Crippen molar-refractivity contribution in [2.24, 2.45) is 5.73 Å². The molecule has 1 saturated heterocycles. The highest BCUT2D eigenvalue weighted by Crippen LogP contribution is 2.20. The van der Waals surface area contributed by atoms with Gasteiger partial charge in [-0.1, -0.05) is 12.1 Å². The quantitative estimate of drug-likeness (QED) is 0.188. The summed E-state index contributed by atoms with van der Waals surface area (Å²) >= 11 is 0. The van der Waals surface area contributed by atoms with Crippen LogP contribution >= 0.6 is 0 Å². The number of aliphatic hydroxyl groups is 1. The van der Waals surface area contributed by atoms with E-state index >= 15 is 0 Å². The smallest absolute Gasteiger partial charge is 0.326 e. The molecule has 3 amide bonds. The minimum Gasteiger partial charge on any atom is -0.508 e. The van der Waals surface area contributed by atoms with E-state index < -0.39 is 54.0 Å². The van der Waals surface area contributed by atoms with E-state index in [0.29, 0.717) is 25.1 Å². The summed E-state index contributed by atoms with van der Waals surface area (Å²) in [5.41, 5.74) is 7.34. The Kier molecular flexibility index (Phi) is 9.20. The molecule has 0 aliphatic carbocycles. The van der Waals surface area contributed by atoms with E-state index in [-0.39, 0.29) is 18.6 Å². The van der Waals surface area contributed by atoms with E-state index in [0.717, 1.165) is 5.56 Å². The summed E-state index contributed by atoms with van der Waals surface area (Å²) in [5.74, 6) is -3.17. The second-order valence-corrected chi connectivity index (χ2v) is 9.07. The molecule has 3 rings (SSSR count). The second kappa shape index (κ2) is 12.3. The number of hydrogen-bond donors (Lipinski definition) is 7. The number of imidazole rings is 1. The summed E-state index contributed by atoms with van der Waals surface area (Å²) in [5, 5.41) is 33.9. The number of nitrogens with one attached hydrogen (secondary N) is 3. The Hall–Kier alpha value is -3.97. The third-order valence-electron chi connectivity index (χ3n) is 6.20. The zero-order valence-corrected chi connectivity index (χ0v) is 20.3. The molecule has 1 aliphatic heterocycles. The lowest BCUT2D eigenvalue weighted by atomic mass is 10.0. The van der Waals surface area contributed by atoms with Gasteiger partial charge in [0.2, 0.25) is 17.7 Å². The van der Waals surface area contributed by atoms with Gasteiger partial charge in [0, 0.05) is 24.9 Å². The van der Waals surface area contributed by atoms with Crippen LogP contribution in [0.5, 0.6) is 5.75 Å². The van der Waals surface area contributed by atoms with Gasteiger partial charge < -0.3 is 41.6 Å². The Morgan fingerprint density at radius 3 is 2.49 bits per heavy atom. The number of carboxylic acid groups (broad SMARTS) is 1. The van der Waals surface area contributed by atoms with E-state index in [2.05, 4.69) is 20.6 Å². The molecule has 13 nitrogen and oxygen atoms in total. The van der Waals surface area contributed by atoms with Crippen molar-refractivity contribution in [2.75, 3.05) is 6.54 Å². The number of aromatic nitrogens is 2. The molecule has 8 N–H and O–H groups in total. The first-order chi connectivity index (χ1) is 17.6. The maximum absolute atomic E-state index is 13.1. The minimum atomic E-state index is -1.45. The van der Waals surface area contributed by atoms with Crippen LogP contribution in [0.4, 0.5) is 0 Å². The number of phenols is 1. The molecule has 0 spiro atoms. The number of carboxylic acids is 1. The molecule has 13 heteroatoms. The molecule has 2 heterocycles. The fraction of sp³-hybridized carbons (Fsp3) is 0.458. The van der Waals surface area contributed by atoms with Crippen LogP contribution in [0.1, 0.15) is 31.0 Å². The van der Waals surface area contributed by atoms with Gasteiger partial charge in [0.15, 0.2) is 0 Å². The maximum Gasteiger partial charge on any atom is 0.326 e. The molecule has 37 heavy (non-hydrogen) atoms. The summed E-state index contributed by atoms with van der Waals surface area (Å²) in [6.07, 6.45) is 2.48. The Morgan fingerprint density at radius 1 is 1.19 bits per heavy atom. The van der Waals surface area contributed by atoms with Gasteiger partial charge in [-0.15, -0.1) is 0 Å². The minimum absolute atomic E-state index is 0.0780. The molecule has 0 bridgehead atoms. The van der Waals surface area contributed by atoms with Crippen LogP contribution < -0.4 is 16.4 Å². The highest BCUT2D eigenvalue weighted by Gasteiger charge is 2.39. The zero-order chi connectivity index (χ0) is 27.1. The normalized spacial score (nSPS) is 18.5. The number of carbonyl (C=O) groups is 4. The molecule has 0 saturated carbocycles. The average molecular weight is 517 g/mol. The predicted molar refractivity (Wildman–Crippen MR) is 130 cm³/mol. The number of phenolic OH excluding ortho intramolecular Hbond substituents is 1. The monoisotopic (exact) mass is 516 g/mol. The number of nitrogens with zero attached hydrogens (tertiary/aromatic N) is 2. The van der Waals surface area contributed by atoms with Crippen LogP contribution in [0.3, 0.4) is 0 Å². The van der Waals surface area contributed by atoms with Crippen molar-refractivity contribution < 1.29 is 34.5 Å². The number of aromatic hydroxyl groups is 1. The predicted octanol–water partition coefficient (Wildman–Crippen LogP) is -1.35. The number of hydrogen-bond acceptors (Lipinski definition) is 8. The first-order valence-corrected chi connectivity index (χ1v) is 11.9. The van der Waals surface area contributed by atoms with Gasteiger partial charge in [-0.05, 0) is 43.9 Å². The van der Waals surface area contributed by atoms with Gasteiger partial charge in [-0.2, -0.15) is 0 Å². The SMILES string of the molecule is CC(O)C(NC(=O)C1CCCN1C(=O)C(N)Cc1ccc(O)cc1)C(=O)NC(Cc1cnc[nH]1)C(=O)O. The van der Waals surface area contributed by atoms with Gasteiger partial charge in [0.1, 0.15) is 23.9 Å². The Labute approximate surface area is 213 Å². The number of aromatic amines is 1. The van der Waals surface area contributed by atoms with Crippen molar-refractivity contribution >= 4 is 23.7 Å². The number of aliphatic hydroxyl groups excluding tert-OH is 1. The third kappa shape index (κ3) is 7.27. The van der Waals surface area contributed by atoms with Crippen LogP contribution in [-0.2, 0) is 32.0 Å². The summed E-state index contributed by atoms with van der Waals surface area (Å²) < 4.78 is 0. The number of aliphatic carboxylic acids is 1. The van der Waals surface area contributed by atoms with Crippen LogP contribution in [0, 0.1) is 0 Å². The van der Waals surface area contributed by atoms with Gasteiger partial charge in [0.25, 0.3) is 0 Å². The van der Waals surface area contributed by atoms with Gasteiger partial charge in [0.05, 0.1) is 18.5 Å². The van der Waals surface area contributed by atoms with Crippen LogP contribution in [0.15, 0.2) is 36.8 Å². The molecule has 1 aromatic heterocycles. The molecular weight excluding hydrogens is 484 g/mol. The molecule has 5 unspecified atom stereocenters. The van der Waals surface area contributed by atoms with Crippen molar-refractivity contribution in [3.63, 3.8) is 0 Å². The van der Waals surface area contributed by atoms with Crippen molar-refractivity contribution in [1.82, 2.24) is 25.5 Å². The van der Waals surface area contributed by atoms with Crippen LogP contribution in [0.25, 0.3) is 0 Å². The van der Waals surface area contributed by atoms with Crippen molar-refractivity contribution in [3.8, 4) is 5.75 Å². The van der Waals surface area contributed by atoms with Crippen molar-refractivity contribution in [2.45, 2.75) is 62.9 Å². The highest BCUT2D eigenvalue weighted by atomic mass is 16.4. The van der Waals surface area contributed by atoms with E-state index in [4.69, 9.17) is 5.73 Å². The zero-order valence-electron chi connectivity index (χ0n) is 20.3. The lowest BCUT2D eigenvalue weighted by molar-refractivity contribution is -0.144. The fourth-order valence-electron chi connectivity index (χ4n) is 4.22. The molecule has 200 valence electrons. The molecule has 0 radical (unpaired) electrons. The first kappa shape index (κ1) is 27.6. The Balaban J connectivity index is 1.64. The van der Waals surface area contributed by atoms with Crippen molar-refractivity contribution in [1.29, 1.82) is 0 Å². The molecule has 2 aromatic rings. The molecule has 1 aromatic carbocycles. The van der Waals surface area contributed by atoms with E-state index in [1.807, 2.05) is 0 Å². The van der Waals surface area contributed by atoms with Crippen LogP contribution in [0.2, 0.25) is 0 Å². The average Bonchev–Trinajstić information content (AvgIpc) is 3.55. The number of benzene rings is 1. The van der Waals surface area contributed by atoms with Gasteiger partial charge in [-0.3, -0.25) is 14.4 Å². The second-order valence-electron chi connectivity index (χ2n) is 9.07. The topological polar surface area (TPSA) is 211 Å². The van der Waals surface area contributed by atoms with E-state index in [1.165, 1.54) is 36.5 Å². The Bertz CT molecular complexity index is 1090. The Morgan fingerprint density at radius 2 is 1.89 bits per heavy atom. The number of nitrogens with two attached hydrogens (primary N) is 1. The lowest BCUT2D eigenvalue weighted by Gasteiger charge is -2.29. The lowest BCUT2D eigenvalue weighted by Crippen LogP contribution is -2.59. The number of H-pyrrole nitrogens is 1. The van der Waals surface area contributed by atoms with Gasteiger partial charge >= 0.3 is 5.97 Å². The maximum atomic E-state index is 13.1. The summed E-state index contributed by atoms with van der Waals surface area (Å²) in [7, 11) is 0. The van der Waals surface area contributed by atoms with Crippen LogP contribution in [-0.4, -0.2) is 90.7 Å². The molecular formula is C24H32N6O7. The summed E-state index contributed by atoms with van der Waals surface area (Å²) in [4.78, 5) is 58.5. The number of likely N-dealkylation sites (tertiary alicyclic amines) is 1. The number of carbonyl (C=O) groups excluding carboxylic acids is 3. The fourth-order valence-corrected chi connectivity index (χ4v) is 4.22. The largest absolute Gasteiger partial charge is 0.508 e. The van der Waals surface area contributed by atoms with E-state index in [1.54, 1.807) is 12.1 Å². The first-order valence-electron chi connectivity index (χ1n) is 11.9. The molecule has 1 aliphatic rings.